The molecule has 1 N–H and O–H groups in total. The van der Waals surface area contributed by atoms with E-state index in [9.17, 15) is 14.7 Å². The highest BCUT2D eigenvalue weighted by Gasteiger charge is 2.75. The van der Waals surface area contributed by atoms with E-state index in [4.69, 9.17) is 9.47 Å². The number of carbonyl (C=O) groups excluding carboxylic acids is 3. The van der Waals surface area contributed by atoms with Gasteiger partial charge in [-0.15, -0.1) is 0 Å². The summed E-state index contributed by atoms with van der Waals surface area (Å²) in [4.78, 5) is 51.9. The number of ether oxygens (including phenoxy) is 2. The SMILES string of the molecule is CCOc1ccc(N2CC=C[C@@]3(C)O[C@]45C=CCN(c6ccc(N(CC)CC)cc6)C(=O)C4N([C@@H](CO)[C@@H](C)CC)C(=O)[C@@H]5[C@H]3C2=O)cc1. The average molecular weight is 671 g/mol. The second-order valence-electron chi connectivity index (χ2n) is 13.7. The van der Waals surface area contributed by atoms with E-state index in [1.54, 1.807) is 14.7 Å². The lowest BCUT2D eigenvalue weighted by atomic mass is 9.74. The summed E-state index contributed by atoms with van der Waals surface area (Å²) in [5, 5.41) is 10.8. The third-order valence-corrected chi connectivity index (χ3v) is 11.1. The normalized spacial score (nSPS) is 28.9. The number of likely N-dealkylation sites (tertiary alicyclic amines) is 1. The molecule has 10 nitrogen and oxygen atoms in total. The zero-order valence-corrected chi connectivity index (χ0v) is 29.5. The Balaban J connectivity index is 1.44. The highest BCUT2D eigenvalue weighted by Crippen LogP contribution is 2.58. The van der Waals surface area contributed by atoms with Crippen molar-refractivity contribution in [1.82, 2.24) is 4.90 Å². The predicted molar refractivity (Wildman–Crippen MR) is 191 cm³/mol. The predicted octanol–water partition coefficient (Wildman–Crippen LogP) is 4.82. The van der Waals surface area contributed by atoms with Gasteiger partial charge in [-0.3, -0.25) is 14.4 Å². The van der Waals surface area contributed by atoms with Gasteiger partial charge in [-0.25, -0.2) is 0 Å². The molecule has 3 amide bonds. The third-order valence-electron chi connectivity index (χ3n) is 11.1. The van der Waals surface area contributed by atoms with Gasteiger partial charge in [0.1, 0.15) is 17.4 Å². The van der Waals surface area contributed by atoms with E-state index in [1.165, 1.54) is 0 Å². The Morgan fingerprint density at radius 1 is 0.857 bits per heavy atom. The van der Waals surface area contributed by atoms with Crippen LogP contribution in [0.15, 0.2) is 72.8 Å². The number of aliphatic hydroxyl groups is 1. The Morgan fingerprint density at radius 2 is 1.45 bits per heavy atom. The average Bonchev–Trinajstić information content (AvgIpc) is 3.37. The maximum atomic E-state index is 15.0. The first kappa shape index (κ1) is 34.7. The molecule has 0 radical (unpaired) electrons. The van der Waals surface area contributed by atoms with Crippen molar-refractivity contribution in [1.29, 1.82) is 0 Å². The minimum atomic E-state index is -1.42. The zero-order chi connectivity index (χ0) is 35.1. The minimum absolute atomic E-state index is 0.108. The van der Waals surface area contributed by atoms with Crippen molar-refractivity contribution in [2.75, 3.05) is 54.1 Å². The van der Waals surface area contributed by atoms with Crippen molar-refractivity contribution in [3.8, 4) is 5.75 Å². The fraction of sp³-hybridized carbons (Fsp3) is 0.513. The zero-order valence-electron chi connectivity index (χ0n) is 29.5. The molecule has 49 heavy (non-hydrogen) atoms. The lowest BCUT2D eigenvalue weighted by molar-refractivity contribution is -0.149. The van der Waals surface area contributed by atoms with Gasteiger partial charge in [0.15, 0.2) is 0 Å². The number of rotatable bonds is 11. The first-order valence-corrected chi connectivity index (χ1v) is 17.8. The summed E-state index contributed by atoms with van der Waals surface area (Å²) in [6, 6.07) is 13.5. The molecule has 2 saturated heterocycles. The van der Waals surface area contributed by atoms with E-state index in [-0.39, 0.29) is 36.8 Å². The van der Waals surface area contributed by atoms with Gasteiger partial charge in [0.25, 0.3) is 5.91 Å². The molecule has 6 rings (SSSR count). The Bertz CT molecular complexity index is 1600. The van der Waals surface area contributed by atoms with Crippen LogP contribution in [0.1, 0.15) is 48.0 Å². The van der Waals surface area contributed by atoms with Crippen LogP contribution in [-0.4, -0.2) is 90.4 Å². The molecule has 4 heterocycles. The number of benzene rings is 2. The Labute approximate surface area is 289 Å². The van der Waals surface area contributed by atoms with Crippen LogP contribution >= 0.6 is 0 Å². The molecule has 1 unspecified atom stereocenters. The molecule has 7 atom stereocenters. The second kappa shape index (κ2) is 13.6. The summed E-state index contributed by atoms with van der Waals surface area (Å²) in [6.45, 7) is 14.5. The number of aliphatic hydroxyl groups excluding tert-OH is 1. The number of anilines is 3. The van der Waals surface area contributed by atoms with Crippen LogP contribution in [0.2, 0.25) is 0 Å². The lowest BCUT2D eigenvalue weighted by Crippen LogP contribution is -2.60. The van der Waals surface area contributed by atoms with Crippen molar-refractivity contribution >= 4 is 34.8 Å². The second-order valence-corrected chi connectivity index (χ2v) is 13.7. The first-order valence-electron chi connectivity index (χ1n) is 17.8. The molecule has 0 bridgehead atoms. The van der Waals surface area contributed by atoms with E-state index >= 15 is 4.79 Å². The van der Waals surface area contributed by atoms with Crippen LogP contribution in [0, 0.1) is 17.8 Å². The standard InChI is InChI=1S/C39H50N4O6/c1-7-26(5)31(25-44)43-34-37(47)42(28-15-13-27(14-16-28)40(8-2)9-3)24-12-22-39(34)33(36(43)46)32-35(45)41(23-11-21-38(32,6)49-39)29-17-19-30(20-18-29)48-10-4/h11-22,26,31-34,44H,7-10,23-25H2,1-6H3/t26-,31-,32-,33-,34?,38+,39-/m0/s1. The molecule has 2 aromatic rings. The van der Waals surface area contributed by atoms with E-state index in [2.05, 4.69) is 18.7 Å². The fourth-order valence-corrected chi connectivity index (χ4v) is 8.42. The van der Waals surface area contributed by atoms with Crippen molar-refractivity contribution in [2.24, 2.45) is 17.8 Å². The number of fused-ring (bicyclic) bond motifs is 2. The molecule has 262 valence electrons. The molecule has 0 aromatic heterocycles. The largest absolute Gasteiger partial charge is 0.494 e. The van der Waals surface area contributed by atoms with Gasteiger partial charge in [-0.1, -0.05) is 44.6 Å². The first-order chi connectivity index (χ1) is 23.6. The maximum Gasteiger partial charge on any atom is 0.253 e. The summed E-state index contributed by atoms with van der Waals surface area (Å²) in [5.74, 6) is -2.18. The third kappa shape index (κ3) is 5.62. The Kier molecular flexibility index (Phi) is 9.66. The quantitative estimate of drug-likeness (QED) is 0.343. The summed E-state index contributed by atoms with van der Waals surface area (Å²) < 4.78 is 12.7. The molecule has 1 spiro atoms. The minimum Gasteiger partial charge on any atom is -0.494 e. The van der Waals surface area contributed by atoms with Crippen LogP contribution in [0.5, 0.6) is 5.75 Å². The highest BCUT2D eigenvalue weighted by molar-refractivity contribution is 6.07. The van der Waals surface area contributed by atoms with E-state index < -0.39 is 35.1 Å². The van der Waals surface area contributed by atoms with Crippen LogP contribution in [0.25, 0.3) is 0 Å². The van der Waals surface area contributed by atoms with Gasteiger partial charge in [-0.05, 0) is 82.1 Å². The Hall–Kier alpha value is -4.15. The van der Waals surface area contributed by atoms with Gasteiger partial charge in [0, 0.05) is 43.2 Å². The molecule has 0 saturated carbocycles. The number of amides is 3. The molecule has 4 aliphatic heterocycles. The van der Waals surface area contributed by atoms with Gasteiger partial charge in [-0.2, -0.15) is 0 Å². The topological polar surface area (TPSA) is 103 Å². The van der Waals surface area contributed by atoms with Crippen LogP contribution in [0.4, 0.5) is 17.1 Å². The van der Waals surface area contributed by atoms with Crippen LogP contribution in [0.3, 0.4) is 0 Å². The molecule has 4 aliphatic rings. The maximum absolute atomic E-state index is 15.0. The summed E-state index contributed by atoms with van der Waals surface area (Å²) in [7, 11) is 0. The fourth-order valence-electron chi connectivity index (χ4n) is 8.42. The molecule has 2 aromatic carbocycles. The van der Waals surface area contributed by atoms with Gasteiger partial charge in [0.05, 0.1) is 36.7 Å². The van der Waals surface area contributed by atoms with Gasteiger partial charge < -0.3 is 34.2 Å². The van der Waals surface area contributed by atoms with E-state index in [1.807, 2.05) is 101 Å². The molecule has 0 aliphatic carbocycles. The summed E-state index contributed by atoms with van der Waals surface area (Å²) in [5.41, 5.74) is -0.127. The van der Waals surface area contributed by atoms with Crippen LogP contribution in [-0.2, 0) is 19.1 Å². The number of hydrogen-bond donors (Lipinski definition) is 1. The van der Waals surface area contributed by atoms with Crippen molar-refractivity contribution in [3.63, 3.8) is 0 Å². The molecule has 2 fully saturated rings. The number of carbonyl (C=O) groups is 3. The van der Waals surface area contributed by atoms with Gasteiger partial charge >= 0.3 is 0 Å². The smallest absolute Gasteiger partial charge is 0.253 e. The van der Waals surface area contributed by atoms with Gasteiger partial charge in [0.2, 0.25) is 11.8 Å². The van der Waals surface area contributed by atoms with E-state index in [0.29, 0.717) is 36.7 Å². The number of hydrogen-bond acceptors (Lipinski definition) is 7. The lowest BCUT2D eigenvalue weighted by Gasteiger charge is -2.41. The van der Waals surface area contributed by atoms with Crippen molar-refractivity contribution < 1.29 is 29.0 Å². The van der Waals surface area contributed by atoms with Crippen molar-refractivity contribution in [2.45, 2.75) is 71.2 Å². The summed E-state index contributed by atoms with van der Waals surface area (Å²) in [6.07, 6.45) is 8.23. The Morgan fingerprint density at radius 3 is 2.02 bits per heavy atom. The van der Waals surface area contributed by atoms with Crippen molar-refractivity contribution in [3.05, 3.63) is 72.8 Å². The monoisotopic (exact) mass is 670 g/mol. The van der Waals surface area contributed by atoms with Crippen LogP contribution < -0.4 is 19.4 Å². The summed E-state index contributed by atoms with van der Waals surface area (Å²) >= 11 is 0. The molecule has 10 heteroatoms. The number of nitrogens with zero attached hydrogens (tertiary/aromatic N) is 4. The molecular weight excluding hydrogens is 620 g/mol. The molecular formula is C39H50N4O6. The van der Waals surface area contributed by atoms with E-state index in [0.717, 1.165) is 18.8 Å². The highest BCUT2D eigenvalue weighted by atomic mass is 16.5.